The Balaban J connectivity index is 5.22. The Bertz CT molecular complexity index is 1670. The fourth-order valence-corrected chi connectivity index (χ4v) is 11.5. The fraction of sp³-hybridized carbons (Fsp3) is 0.939. The van der Waals surface area contributed by atoms with Gasteiger partial charge in [-0.05, 0) is 37.5 Å². The lowest BCUT2D eigenvalue weighted by molar-refractivity contribution is -0.161. The number of phosphoric acid groups is 2. The van der Waals surface area contributed by atoms with Crippen LogP contribution in [0.5, 0.6) is 0 Å². The summed E-state index contributed by atoms with van der Waals surface area (Å²) < 4.78 is 68.0. The van der Waals surface area contributed by atoms with Crippen molar-refractivity contribution in [2.75, 3.05) is 39.6 Å². The van der Waals surface area contributed by atoms with E-state index in [0.29, 0.717) is 25.7 Å². The van der Waals surface area contributed by atoms with Crippen LogP contribution in [-0.2, 0) is 65.4 Å². The Hall–Kier alpha value is -1.94. The lowest BCUT2D eigenvalue weighted by atomic mass is 10.0. The molecule has 19 heteroatoms. The quantitative estimate of drug-likeness (QED) is 0.0222. The maximum absolute atomic E-state index is 13.0. The minimum atomic E-state index is -4.95. The molecule has 0 bridgehead atoms. The molecule has 3 N–H and O–H groups in total. The predicted molar refractivity (Wildman–Crippen MR) is 340 cm³/mol. The summed E-state index contributed by atoms with van der Waals surface area (Å²) in [6.45, 7) is 9.43. The third-order valence-electron chi connectivity index (χ3n) is 15.2. The molecule has 0 fully saturated rings. The normalized spacial score (nSPS) is 14.2. The number of carbonyl (C=O) groups is 4. The number of hydrogen-bond acceptors (Lipinski definition) is 15. The number of phosphoric ester groups is 2. The summed E-state index contributed by atoms with van der Waals surface area (Å²) in [5, 5.41) is 10.5. The first-order valence-electron chi connectivity index (χ1n) is 34.5. The highest BCUT2D eigenvalue weighted by atomic mass is 31.2. The zero-order chi connectivity index (χ0) is 62.9. The number of aliphatic hydroxyl groups excluding tert-OH is 1. The van der Waals surface area contributed by atoms with Crippen molar-refractivity contribution in [2.45, 2.75) is 349 Å². The summed E-state index contributed by atoms with van der Waals surface area (Å²) in [4.78, 5) is 72.2. The number of hydrogen-bond donors (Lipinski definition) is 3. The molecular formula is C66H128O17P2. The SMILES string of the molecule is CCCCCCCCCCCCCCCCC(=O)O[C@H](COC(=O)CCCCCCCCCCCCC(C)C)COP(=O)(O)OC[C@@H](O)COP(=O)(O)OC[C@@H](COC(=O)CCCCCCCCC)OC(=O)CCCCCCCCCCC(C)C. The second kappa shape index (κ2) is 58.4. The molecule has 85 heavy (non-hydrogen) atoms. The third-order valence-corrected chi connectivity index (χ3v) is 17.1. The Morgan fingerprint density at radius 2 is 0.541 bits per heavy atom. The second-order valence-corrected chi connectivity index (χ2v) is 27.7. The molecule has 0 aromatic rings. The highest BCUT2D eigenvalue weighted by molar-refractivity contribution is 7.47. The summed E-state index contributed by atoms with van der Waals surface area (Å²) in [6.07, 6.45) is 41.8. The number of esters is 4. The monoisotopic (exact) mass is 1250 g/mol. The van der Waals surface area contributed by atoms with E-state index in [0.717, 1.165) is 115 Å². The highest BCUT2D eigenvalue weighted by Crippen LogP contribution is 2.45. The van der Waals surface area contributed by atoms with E-state index >= 15 is 0 Å². The number of unbranched alkanes of at least 4 members (excludes halogenated alkanes) is 35. The van der Waals surface area contributed by atoms with Gasteiger partial charge >= 0.3 is 39.5 Å². The molecule has 2 unspecified atom stereocenters. The van der Waals surface area contributed by atoms with Crippen LogP contribution in [-0.4, -0.2) is 96.7 Å². The average molecular weight is 1260 g/mol. The first-order valence-corrected chi connectivity index (χ1v) is 37.5. The molecule has 17 nitrogen and oxygen atoms in total. The van der Waals surface area contributed by atoms with Gasteiger partial charge in [-0.2, -0.15) is 0 Å². The van der Waals surface area contributed by atoms with E-state index in [1.165, 1.54) is 135 Å². The molecule has 5 atom stereocenters. The summed E-state index contributed by atoms with van der Waals surface area (Å²) in [6, 6.07) is 0. The zero-order valence-corrected chi connectivity index (χ0v) is 56.7. The van der Waals surface area contributed by atoms with Crippen molar-refractivity contribution in [2.24, 2.45) is 11.8 Å². The van der Waals surface area contributed by atoms with Gasteiger partial charge in [0.15, 0.2) is 12.2 Å². The maximum atomic E-state index is 13.0. The summed E-state index contributed by atoms with van der Waals surface area (Å²) in [5.41, 5.74) is 0. The van der Waals surface area contributed by atoms with E-state index in [2.05, 4.69) is 41.5 Å². The average Bonchev–Trinajstić information content (AvgIpc) is 3.58. The molecule has 0 heterocycles. The van der Waals surface area contributed by atoms with Crippen molar-refractivity contribution in [3.63, 3.8) is 0 Å². The minimum Gasteiger partial charge on any atom is -0.462 e. The van der Waals surface area contributed by atoms with E-state index in [4.69, 9.17) is 37.0 Å². The zero-order valence-electron chi connectivity index (χ0n) is 54.9. The standard InChI is InChI=1S/C66H128O17P2/c1-7-9-11-13-15-16-17-18-19-20-25-32-38-44-50-65(70)82-62(55-77-64(69)49-43-37-31-24-22-21-23-29-34-40-46-58(3)4)57-81-85(74,75)79-53-60(67)52-78-84(72,73)80-56-61(54-76-63(68)48-42-36-28-14-12-10-8-2)83-66(71)51-45-39-33-27-26-30-35-41-47-59(5)6/h58-62,67H,7-57H2,1-6H3,(H,72,73)(H,74,75)/t60-,61+,62+/m0/s1. The van der Waals surface area contributed by atoms with Crippen molar-refractivity contribution >= 4 is 39.5 Å². The smallest absolute Gasteiger partial charge is 0.462 e. The van der Waals surface area contributed by atoms with Crippen molar-refractivity contribution in [3.05, 3.63) is 0 Å². The molecule has 0 aliphatic heterocycles. The van der Waals surface area contributed by atoms with Crippen LogP contribution in [0.4, 0.5) is 0 Å². The van der Waals surface area contributed by atoms with Crippen LogP contribution in [0.25, 0.3) is 0 Å². The highest BCUT2D eigenvalue weighted by Gasteiger charge is 2.30. The maximum Gasteiger partial charge on any atom is 0.472 e. The fourth-order valence-electron chi connectivity index (χ4n) is 9.88. The summed E-state index contributed by atoms with van der Waals surface area (Å²) in [5.74, 6) is -0.657. The van der Waals surface area contributed by atoms with Gasteiger partial charge < -0.3 is 33.8 Å². The lowest BCUT2D eigenvalue weighted by Crippen LogP contribution is -2.30. The predicted octanol–water partition coefficient (Wildman–Crippen LogP) is 18.4. The molecule has 0 rings (SSSR count). The topological polar surface area (TPSA) is 237 Å². The molecule has 0 aliphatic rings. The van der Waals surface area contributed by atoms with E-state index in [9.17, 15) is 43.2 Å². The van der Waals surface area contributed by atoms with E-state index in [1.807, 2.05) is 0 Å². The van der Waals surface area contributed by atoms with Crippen LogP contribution in [0.1, 0.15) is 330 Å². The number of rotatable bonds is 65. The molecule has 504 valence electrons. The summed E-state index contributed by atoms with van der Waals surface area (Å²) >= 11 is 0. The van der Waals surface area contributed by atoms with Crippen LogP contribution in [0.2, 0.25) is 0 Å². The minimum absolute atomic E-state index is 0.104. The van der Waals surface area contributed by atoms with Crippen LogP contribution in [0.3, 0.4) is 0 Å². The first-order chi connectivity index (χ1) is 40.9. The van der Waals surface area contributed by atoms with Crippen molar-refractivity contribution < 1.29 is 80.2 Å². The van der Waals surface area contributed by atoms with Gasteiger partial charge in [-0.15, -0.1) is 0 Å². The van der Waals surface area contributed by atoms with Gasteiger partial charge in [-0.3, -0.25) is 37.3 Å². The molecule has 0 spiro atoms. The van der Waals surface area contributed by atoms with E-state index in [-0.39, 0.29) is 25.7 Å². The molecule has 0 amide bonds. The molecule has 0 radical (unpaired) electrons. The van der Waals surface area contributed by atoms with Gasteiger partial charge in [0.25, 0.3) is 0 Å². The number of carbonyl (C=O) groups excluding carboxylic acids is 4. The van der Waals surface area contributed by atoms with Crippen LogP contribution < -0.4 is 0 Å². The molecule has 0 saturated heterocycles. The van der Waals surface area contributed by atoms with E-state index in [1.54, 1.807) is 0 Å². The molecule has 0 saturated carbocycles. The van der Waals surface area contributed by atoms with Gasteiger partial charge in [0.1, 0.15) is 19.3 Å². The van der Waals surface area contributed by atoms with Gasteiger partial charge in [-0.25, -0.2) is 9.13 Å². The molecular weight excluding hydrogens is 1130 g/mol. The third kappa shape index (κ3) is 60.7. The largest absolute Gasteiger partial charge is 0.472 e. The number of ether oxygens (including phenoxy) is 4. The van der Waals surface area contributed by atoms with Crippen LogP contribution >= 0.6 is 15.6 Å². The Labute approximate surface area is 517 Å². The van der Waals surface area contributed by atoms with Crippen molar-refractivity contribution in [1.82, 2.24) is 0 Å². The Kier molecular flexibility index (Phi) is 57.1. The molecule has 0 aliphatic carbocycles. The number of aliphatic hydroxyl groups is 1. The van der Waals surface area contributed by atoms with Crippen molar-refractivity contribution in [3.8, 4) is 0 Å². The van der Waals surface area contributed by atoms with Gasteiger partial charge in [0, 0.05) is 25.7 Å². The van der Waals surface area contributed by atoms with Gasteiger partial charge in [0.05, 0.1) is 26.4 Å². The Morgan fingerprint density at radius 3 is 0.800 bits per heavy atom. The first kappa shape index (κ1) is 83.1. The molecule has 0 aromatic carbocycles. The van der Waals surface area contributed by atoms with Crippen molar-refractivity contribution in [1.29, 1.82) is 0 Å². The van der Waals surface area contributed by atoms with E-state index < -0.39 is 97.5 Å². The van der Waals surface area contributed by atoms with Gasteiger partial charge in [-0.1, -0.05) is 279 Å². The molecule has 0 aromatic heterocycles. The Morgan fingerprint density at radius 1 is 0.318 bits per heavy atom. The summed E-state index contributed by atoms with van der Waals surface area (Å²) in [7, 11) is -9.89. The van der Waals surface area contributed by atoms with Crippen LogP contribution in [0, 0.1) is 11.8 Å². The lowest BCUT2D eigenvalue weighted by Gasteiger charge is -2.21. The van der Waals surface area contributed by atoms with Crippen LogP contribution in [0.15, 0.2) is 0 Å². The second-order valence-electron chi connectivity index (χ2n) is 24.8. The van der Waals surface area contributed by atoms with Gasteiger partial charge in [0.2, 0.25) is 0 Å².